The Morgan fingerprint density at radius 2 is 1.07 bits per heavy atom. The highest BCUT2D eigenvalue weighted by Gasteiger charge is 2.11. The lowest BCUT2D eigenvalue weighted by Crippen LogP contribution is -2.57. The van der Waals surface area contributed by atoms with E-state index in [0.29, 0.717) is 0 Å². The maximum absolute atomic E-state index is 7.25. The summed E-state index contributed by atoms with van der Waals surface area (Å²) in [5.41, 5.74) is 5.89. The Kier molecular flexibility index (Phi) is 2.88. The normalized spacial score (nSPS) is 10.0. The van der Waals surface area contributed by atoms with Crippen LogP contribution in [0.3, 0.4) is 0 Å². The molecule has 1 rings (SSSR count). The van der Waals surface area contributed by atoms with Crippen molar-refractivity contribution >= 4 is 72.4 Å². The third kappa shape index (κ3) is 1.51. The fourth-order valence-corrected chi connectivity index (χ4v) is 1.14. The lowest BCUT2D eigenvalue weighted by atomic mass is 9.60. The first-order valence-electron chi connectivity index (χ1n) is 3.73. The number of nitrogens with one attached hydrogen (secondary N) is 1. The molecule has 0 atom stereocenters. The number of hydrogen-bond donors (Lipinski definition) is 2. The molecule has 0 aromatic heterocycles. The van der Waals surface area contributed by atoms with E-state index < -0.39 is 0 Å². The van der Waals surface area contributed by atoms with Crippen molar-refractivity contribution in [1.82, 2.24) is 0 Å². The number of amidine groups is 1. The number of hydrogen-bond acceptors (Lipinski definition) is 1. The van der Waals surface area contributed by atoms with E-state index in [1.54, 1.807) is 0 Å². The van der Waals surface area contributed by atoms with E-state index >= 15 is 0 Å². The van der Waals surface area contributed by atoms with Gasteiger partial charge in [-0.25, -0.2) is 0 Å². The van der Waals surface area contributed by atoms with Crippen LogP contribution in [0.2, 0.25) is 0 Å². The molecule has 0 saturated heterocycles. The van der Waals surface area contributed by atoms with Gasteiger partial charge in [0.05, 0.1) is 0 Å². The molecule has 10 radical (unpaired) electrons. The minimum absolute atomic E-state index is 0.0849. The average Bonchev–Trinajstić information content (AvgIpc) is 2.11. The standard InChI is InChI=1S/C7H3B5N2/c8-2-1(7(13)14)3(9)5(11)6(12)4(2)10/h(H3,13,14). The molecule has 0 amide bonds. The Morgan fingerprint density at radius 1 is 0.786 bits per heavy atom. The lowest BCUT2D eigenvalue weighted by molar-refractivity contribution is 1.45. The molecule has 0 aliphatic heterocycles. The van der Waals surface area contributed by atoms with Crippen LogP contribution in [0.15, 0.2) is 0 Å². The summed E-state index contributed by atoms with van der Waals surface area (Å²) in [4.78, 5) is 0. The van der Waals surface area contributed by atoms with Crippen molar-refractivity contribution in [1.29, 1.82) is 5.41 Å². The fourth-order valence-electron chi connectivity index (χ4n) is 1.14. The molecule has 0 spiro atoms. The predicted molar refractivity (Wildman–Crippen MR) is 64.4 cm³/mol. The first-order chi connectivity index (χ1) is 6.37. The molecule has 3 N–H and O–H groups in total. The molecule has 1 aromatic carbocycles. The van der Waals surface area contributed by atoms with Crippen molar-refractivity contribution in [3.63, 3.8) is 0 Å². The molecule has 0 unspecified atom stereocenters. The van der Waals surface area contributed by atoms with E-state index in [0.717, 1.165) is 0 Å². The van der Waals surface area contributed by atoms with Crippen LogP contribution in [0.1, 0.15) is 5.56 Å². The van der Waals surface area contributed by atoms with Crippen molar-refractivity contribution in [2.75, 3.05) is 0 Å². The van der Waals surface area contributed by atoms with Crippen molar-refractivity contribution in [3.05, 3.63) is 5.56 Å². The molecule has 0 aliphatic carbocycles. The molecular formula is C7H3B5N2. The zero-order valence-corrected chi connectivity index (χ0v) is 7.46. The zero-order valence-electron chi connectivity index (χ0n) is 7.46. The molecule has 56 valence electrons. The molecule has 0 heterocycles. The van der Waals surface area contributed by atoms with Gasteiger partial charge >= 0.3 is 0 Å². The van der Waals surface area contributed by atoms with Gasteiger partial charge in [0.1, 0.15) is 45.1 Å². The highest BCUT2D eigenvalue weighted by Crippen LogP contribution is 1.82. The molecule has 2 nitrogen and oxygen atoms in total. The highest BCUT2D eigenvalue weighted by atomic mass is 14.7. The van der Waals surface area contributed by atoms with Crippen LogP contribution in [0, 0.1) is 5.41 Å². The average molecular weight is 169 g/mol. The lowest BCUT2D eigenvalue weighted by Gasteiger charge is -2.19. The van der Waals surface area contributed by atoms with Gasteiger partial charge in [-0.2, -0.15) is 0 Å². The molecule has 7 heteroatoms. The molecule has 14 heavy (non-hydrogen) atoms. The number of nitrogen functional groups attached to an aromatic ring is 1. The van der Waals surface area contributed by atoms with Gasteiger partial charge in [-0.05, 0) is 0 Å². The van der Waals surface area contributed by atoms with Crippen molar-refractivity contribution in [3.8, 4) is 0 Å². The molecule has 0 bridgehead atoms. The van der Waals surface area contributed by atoms with Gasteiger partial charge in [-0.3, -0.25) is 5.41 Å². The Balaban J connectivity index is 3.68. The van der Waals surface area contributed by atoms with Crippen LogP contribution in [0.25, 0.3) is 0 Å². The van der Waals surface area contributed by atoms with Crippen molar-refractivity contribution in [2.24, 2.45) is 5.73 Å². The highest BCUT2D eigenvalue weighted by molar-refractivity contribution is 6.68. The van der Waals surface area contributed by atoms with Crippen molar-refractivity contribution < 1.29 is 0 Å². The minimum atomic E-state index is -0.293. The predicted octanol–water partition coefficient (Wildman–Crippen LogP) is -5.06. The van der Waals surface area contributed by atoms with Crippen molar-refractivity contribution in [2.45, 2.75) is 0 Å². The summed E-state index contributed by atoms with van der Waals surface area (Å²) in [6.07, 6.45) is 0. The topological polar surface area (TPSA) is 49.9 Å². The Hall–Kier alpha value is -0.985. The van der Waals surface area contributed by atoms with Crippen LogP contribution in [0.4, 0.5) is 0 Å². The molecular weight excluding hydrogens is 166 g/mol. The fraction of sp³-hybridized carbons (Fsp3) is 0. The van der Waals surface area contributed by atoms with Crippen LogP contribution in [0.5, 0.6) is 0 Å². The third-order valence-corrected chi connectivity index (χ3v) is 1.97. The van der Waals surface area contributed by atoms with Gasteiger partial charge in [0.15, 0.2) is 0 Å². The number of rotatable bonds is 1. The molecule has 0 aliphatic rings. The largest absolute Gasteiger partial charge is 0.384 e. The van der Waals surface area contributed by atoms with Gasteiger partial charge in [0.25, 0.3) is 0 Å². The summed E-state index contributed by atoms with van der Waals surface area (Å²) in [7, 11) is 27.8. The monoisotopic (exact) mass is 170 g/mol. The third-order valence-electron chi connectivity index (χ3n) is 1.97. The second-order valence-corrected chi connectivity index (χ2v) is 2.86. The van der Waals surface area contributed by atoms with E-state index in [1.807, 2.05) is 0 Å². The summed E-state index contributed by atoms with van der Waals surface area (Å²) in [5.74, 6) is -0.293. The van der Waals surface area contributed by atoms with Gasteiger partial charge in [-0.1, -0.05) is 10.9 Å². The first kappa shape index (κ1) is 11.1. The quantitative estimate of drug-likeness (QED) is 0.247. The Labute approximate surface area is 89.6 Å². The molecule has 0 fully saturated rings. The smallest absolute Gasteiger partial charge is 0.121 e. The minimum Gasteiger partial charge on any atom is -0.384 e. The van der Waals surface area contributed by atoms with E-state index in [9.17, 15) is 0 Å². The maximum atomic E-state index is 7.25. The van der Waals surface area contributed by atoms with E-state index in [-0.39, 0.29) is 38.7 Å². The SMILES string of the molecule is [B]c1c([B])c([B])c(C(=N)N)c([B])c1[B]. The summed E-state index contributed by atoms with van der Waals surface area (Å²) in [6.45, 7) is 0. The summed E-state index contributed by atoms with van der Waals surface area (Å²) in [5, 5.41) is 7.25. The first-order valence-corrected chi connectivity index (χ1v) is 3.73. The summed E-state index contributed by atoms with van der Waals surface area (Å²) >= 11 is 0. The van der Waals surface area contributed by atoms with Crippen LogP contribution in [-0.2, 0) is 0 Å². The van der Waals surface area contributed by atoms with Gasteiger partial charge in [0, 0.05) is 5.56 Å². The molecule has 1 aromatic rings. The van der Waals surface area contributed by atoms with E-state index in [1.165, 1.54) is 0 Å². The van der Waals surface area contributed by atoms with Gasteiger partial charge in [0.2, 0.25) is 0 Å². The summed E-state index contributed by atoms with van der Waals surface area (Å²) < 4.78 is 0. The Bertz CT molecular complexity index is 386. The van der Waals surface area contributed by atoms with Gasteiger partial charge in [-0.15, -0.1) is 16.4 Å². The number of benzene rings is 1. The van der Waals surface area contributed by atoms with Crippen LogP contribution < -0.4 is 33.0 Å². The second kappa shape index (κ2) is 3.64. The zero-order chi connectivity index (χ0) is 11.0. The molecule has 0 saturated carbocycles. The Morgan fingerprint density at radius 3 is 1.36 bits per heavy atom. The van der Waals surface area contributed by atoms with E-state index in [4.69, 9.17) is 50.4 Å². The van der Waals surface area contributed by atoms with Crippen LogP contribution >= 0.6 is 0 Å². The number of nitrogens with two attached hydrogens (primary N) is 1. The second-order valence-electron chi connectivity index (χ2n) is 2.86. The van der Waals surface area contributed by atoms with Crippen LogP contribution in [-0.4, -0.2) is 45.1 Å². The maximum Gasteiger partial charge on any atom is 0.121 e. The van der Waals surface area contributed by atoms with E-state index in [2.05, 4.69) is 0 Å². The summed E-state index contributed by atoms with van der Waals surface area (Å²) in [6, 6.07) is 0. The van der Waals surface area contributed by atoms with Gasteiger partial charge < -0.3 is 5.73 Å².